The Bertz CT molecular complexity index is 763. The lowest BCUT2D eigenvalue weighted by atomic mass is 10.0. The first-order valence-electron chi connectivity index (χ1n) is 7.49. The predicted octanol–water partition coefficient (Wildman–Crippen LogP) is 4.76. The number of allylic oxidation sites excluding steroid dienone is 2. The molecule has 0 saturated carbocycles. The highest BCUT2D eigenvalue weighted by molar-refractivity contribution is 6.31. The Labute approximate surface area is 143 Å². The lowest BCUT2D eigenvalue weighted by Crippen LogP contribution is -2.58. The quantitative estimate of drug-likeness (QED) is 0.761. The van der Waals surface area contributed by atoms with E-state index < -0.39 is 11.7 Å². The molecule has 24 heavy (non-hydrogen) atoms. The number of hydrogen-bond acceptors (Lipinski definition) is 3. The summed E-state index contributed by atoms with van der Waals surface area (Å²) in [6.07, 6.45) is -0.879. The van der Waals surface area contributed by atoms with Crippen molar-refractivity contribution >= 4 is 17.3 Å². The van der Waals surface area contributed by atoms with Gasteiger partial charge in [0.25, 0.3) is 0 Å². The van der Waals surface area contributed by atoms with Crippen molar-refractivity contribution in [3.8, 4) is 0 Å². The second-order valence-electron chi connectivity index (χ2n) is 6.31. The van der Waals surface area contributed by atoms with E-state index in [9.17, 15) is 13.2 Å². The van der Waals surface area contributed by atoms with Crippen molar-refractivity contribution in [1.29, 1.82) is 0 Å². The third-order valence-electron chi connectivity index (χ3n) is 4.28. The van der Waals surface area contributed by atoms with E-state index in [1.165, 1.54) is 23.9 Å². The molecule has 0 unspecified atom stereocenters. The minimum Gasteiger partial charge on any atom is -0.260 e. The lowest BCUT2D eigenvalue weighted by molar-refractivity contribution is -0.245. The van der Waals surface area contributed by atoms with Crippen molar-refractivity contribution < 1.29 is 13.2 Å². The standard InChI is InChI=1S/C17H17ClF3N3/c1-11-9-14(12-5-4-6-13(18)10-12)22-15-7-8-23(24(11)15)16(2,3)17(19,20)21/h4-7,9-10H,8H2,1-3H3. The summed E-state index contributed by atoms with van der Waals surface area (Å²) in [5, 5.41) is 3.40. The summed E-state index contributed by atoms with van der Waals surface area (Å²) in [4.78, 5) is 4.51. The van der Waals surface area contributed by atoms with Gasteiger partial charge < -0.3 is 0 Å². The van der Waals surface area contributed by atoms with Gasteiger partial charge in [-0.2, -0.15) is 18.2 Å². The lowest BCUT2D eigenvalue weighted by Gasteiger charge is -2.44. The second-order valence-corrected chi connectivity index (χ2v) is 6.74. The topological polar surface area (TPSA) is 18.8 Å². The number of halogens is 4. The summed E-state index contributed by atoms with van der Waals surface area (Å²) in [6, 6.07) is 7.24. The summed E-state index contributed by atoms with van der Waals surface area (Å²) < 4.78 is 40.2. The molecular weight excluding hydrogens is 339 g/mol. The highest BCUT2D eigenvalue weighted by atomic mass is 35.5. The second kappa shape index (κ2) is 5.63. The molecule has 0 saturated heterocycles. The Hall–Kier alpha value is -1.79. The average molecular weight is 356 g/mol. The van der Waals surface area contributed by atoms with Crippen molar-refractivity contribution in [1.82, 2.24) is 10.0 Å². The largest absolute Gasteiger partial charge is 0.408 e. The fraction of sp³-hybridized carbons (Fsp3) is 0.353. The van der Waals surface area contributed by atoms with E-state index in [1.54, 1.807) is 31.2 Å². The van der Waals surface area contributed by atoms with Gasteiger partial charge in [-0.3, -0.25) is 5.01 Å². The van der Waals surface area contributed by atoms with Crippen LogP contribution in [0.1, 0.15) is 26.3 Å². The smallest absolute Gasteiger partial charge is 0.260 e. The Morgan fingerprint density at radius 1 is 1.21 bits per heavy atom. The summed E-state index contributed by atoms with van der Waals surface area (Å²) >= 11 is 6.01. The monoisotopic (exact) mass is 355 g/mol. The molecule has 0 atom stereocenters. The highest BCUT2D eigenvalue weighted by Gasteiger charge is 2.54. The van der Waals surface area contributed by atoms with Gasteiger partial charge in [-0.25, -0.2) is 4.99 Å². The van der Waals surface area contributed by atoms with Gasteiger partial charge >= 0.3 is 6.18 Å². The van der Waals surface area contributed by atoms with E-state index >= 15 is 0 Å². The molecule has 0 aromatic heterocycles. The van der Waals surface area contributed by atoms with Crippen LogP contribution in [0.4, 0.5) is 13.2 Å². The van der Waals surface area contributed by atoms with E-state index in [-0.39, 0.29) is 6.54 Å². The maximum absolute atomic E-state index is 13.4. The maximum atomic E-state index is 13.4. The molecular formula is C17H17ClF3N3. The molecule has 0 radical (unpaired) electrons. The van der Waals surface area contributed by atoms with Crippen LogP contribution in [0.2, 0.25) is 5.02 Å². The first kappa shape index (κ1) is 17.0. The SMILES string of the molecule is CC1=CC(c2cccc(Cl)c2)=NC2=CCN(C(C)(C)C(F)(F)F)N12. The minimum atomic E-state index is -4.35. The number of hydrazine groups is 1. The van der Waals surface area contributed by atoms with E-state index in [0.717, 1.165) is 5.56 Å². The molecule has 0 fully saturated rings. The summed E-state index contributed by atoms with van der Waals surface area (Å²) in [6.45, 7) is 4.28. The normalized spacial score (nSPS) is 19.0. The fourth-order valence-electron chi connectivity index (χ4n) is 2.76. The molecule has 0 bridgehead atoms. The Morgan fingerprint density at radius 3 is 2.54 bits per heavy atom. The molecule has 2 aliphatic heterocycles. The third-order valence-corrected chi connectivity index (χ3v) is 4.51. The van der Waals surface area contributed by atoms with Crippen LogP contribution in [-0.2, 0) is 0 Å². The van der Waals surface area contributed by atoms with Crippen LogP contribution < -0.4 is 0 Å². The van der Waals surface area contributed by atoms with E-state index in [0.29, 0.717) is 22.3 Å². The molecule has 3 rings (SSSR count). The first-order valence-corrected chi connectivity index (χ1v) is 7.86. The zero-order valence-electron chi connectivity index (χ0n) is 13.5. The van der Waals surface area contributed by atoms with Crippen molar-refractivity contribution in [2.24, 2.45) is 4.99 Å². The van der Waals surface area contributed by atoms with Gasteiger partial charge in [0.1, 0.15) is 11.4 Å². The summed E-state index contributed by atoms with van der Waals surface area (Å²) in [5.41, 5.74) is 0.199. The van der Waals surface area contributed by atoms with Crippen molar-refractivity contribution in [2.75, 3.05) is 6.54 Å². The van der Waals surface area contributed by atoms with Crippen LogP contribution in [-0.4, -0.2) is 34.0 Å². The van der Waals surface area contributed by atoms with E-state index in [2.05, 4.69) is 4.99 Å². The predicted molar refractivity (Wildman–Crippen MR) is 88.5 cm³/mol. The minimum absolute atomic E-state index is 0.152. The Morgan fingerprint density at radius 2 is 1.92 bits per heavy atom. The molecule has 128 valence electrons. The van der Waals surface area contributed by atoms with Crippen LogP contribution in [0, 0.1) is 0 Å². The number of rotatable bonds is 2. The maximum Gasteiger partial charge on any atom is 0.408 e. The molecule has 1 aromatic carbocycles. The van der Waals surface area contributed by atoms with Crippen molar-refractivity contribution in [3.63, 3.8) is 0 Å². The Kier molecular flexibility index (Phi) is 4.00. The van der Waals surface area contributed by atoms with E-state index in [4.69, 9.17) is 11.6 Å². The molecule has 2 heterocycles. The molecule has 0 amide bonds. The third kappa shape index (κ3) is 2.74. The molecule has 3 nitrogen and oxygen atoms in total. The molecule has 0 spiro atoms. The van der Waals surface area contributed by atoms with Gasteiger partial charge in [-0.1, -0.05) is 23.7 Å². The number of alkyl halides is 3. The number of fused-ring (bicyclic) bond motifs is 1. The zero-order valence-corrected chi connectivity index (χ0v) is 14.3. The first-order chi connectivity index (χ1) is 11.1. The van der Waals surface area contributed by atoms with Gasteiger partial charge in [0, 0.05) is 22.8 Å². The van der Waals surface area contributed by atoms with Crippen molar-refractivity contribution in [2.45, 2.75) is 32.5 Å². The van der Waals surface area contributed by atoms with Crippen LogP contribution >= 0.6 is 11.6 Å². The fourth-order valence-corrected chi connectivity index (χ4v) is 2.95. The van der Waals surface area contributed by atoms with Crippen LogP contribution in [0.25, 0.3) is 0 Å². The summed E-state index contributed by atoms with van der Waals surface area (Å²) in [5.74, 6) is 0.502. The van der Waals surface area contributed by atoms with Crippen molar-refractivity contribution in [3.05, 3.63) is 58.5 Å². The van der Waals surface area contributed by atoms with Gasteiger partial charge in [-0.15, -0.1) is 0 Å². The molecule has 2 aliphatic rings. The average Bonchev–Trinajstić information content (AvgIpc) is 2.91. The number of aliphatic imine (C=N–C) groups is 1. The van der Waals surface area contributed by atoms with Crippen LogP contribution in [0.15, 0.2) is 52.9 Å². The van der Waals surface area contributed by atoms with Crippen LogP contribution in [0.3, 0.4) is 0 Å². The highest BCUT2D eigenvalue weighted by Crippen LogP contribution is 2.41. The van der Waals surface area contributed by atoms with Gasteiger partial charge in [0.2, 0.25) is 0 Å². The molecule has 7 heteroatoms. The Balaban J connectivity index is 1.95. The number of nitrogens with zero attached hydrogens (tertiary/aromatic N) is 3. The molecule has 0 N–H and O–H groups in total. The van der Waals surface area contributed by atoms with Gasteiger partial charge in [-0.05, 0) is 45.1 Å². The number of hydrogen-bond donors (Lipinski definition) is 0. The van der Waals surface area contributed by atoms with Gasteiger partial charge in [0.05, 0.1) is 5.71 Å². The van der Waals surface area contributed by atoms with E-state index in [1.807, 2.05) is 12.1 Å². The zero-order chi connectivity index (χ0) is 17.7. The van der Waals surface area contributed by atoms with Crippen LogP contribution in [0.5, 0.6) is 0 Å². The summed E-state index contributed by atoms with van der Waals surface area (Å²) in [7, 11) is 0. The molecule has 0 aliphatic carbocycles. The molecule has 1 aromatic rings. The van der Waals surface area contributed by atoms with Gasteiger partial charge in [0.15, 0.2) is 0 Å². The number of benzene rings is 1.